The van der Waals surface area contributed by atoms with Crippen LogP contribution in [0.2, 0.25) is 0 Å². The van der Waals surface area contributed by atoms with E-state index in [9.17, 15) is 0 Å². The fourth-order valence-corrected chi connectivity index (χ4v) is 2.10. The van der Waals surface area contributed by atoms with Crippen molar-refractivity contribution in [3.8, 4) is 0 Å². The second-order valence-corrected chi connectivity index (χ2v) is 5.77. The highest BCUT2D eigenvalue weighted by atomic mass is 79.9. The lowest BCUT2D eigenvalue weighted by atomic mass is 10.4. The second-order valence-electron chi connectivity index (χ2n) is 3.30. The molecule has 108 valence electrons. The molecule has 0 spiro atoms. The molecule has 4 heteroatoms. The van der Waals surface area contributed by atoms with Crippen LogP contribution in [-0.4, -0.2) is 17.5 Å². The fraction of sp³-hybridized carbons (Fsp3) is 0.714. The van der Waals surface area contributed by atoms with Crippen LogP contribution in [-0.2, 0) is 6.54 Å². The molecule has 0 radical (unpaired) electrons. The molecule has 0 bridgehead atoms. The Morgan fingerprint density at radius 3 is 2.28 bits per heavy atom. The molecule has 0 aliphatic rings. The third-order valence-electron chi connectivity index (χ3n) is 1.66. The van der Waals surface area contributed by atoms with Gasteiger partial charge in [-0.25, -0.2) is 0 Å². The van der Waals surface area contributed by atoms with Crippen LogP contribution in [0, 0.1) is 0 Å². The predicted molar refractivity (Wildman–Crippen MR) is 88.4 cm³/mol. The van der Waals surface area contributed by atoms with Crippen LogP contribution in [0.5, 0.6) is 0 Å². The first-order valence-electron chi connectivity index (χ1n) is 6.75. The topological polar surface area (TPSA) is 25.2 Å². The summed E-state index contributed by atoms with van der Waals surface area (Å²) in [6.07, 6.45) is 0. The van der Waals surface area contributed by atoms with E-state index in [0.717, 1.165) is 34.5 Å². The van der Waals surface area contributed by atoms with Gasteiger partial charge < -0.3 is 9.73 Å². The zero-order valence-corrected chi connectivity index (χ0v) is 15.0. The number of halogens is 1. The number of hydrogen-bond acceptors (Lipinski definition) is 3. The minimum absolute atomic E-state index is 0.717. The van der Waals surface area contributed by atoms with E-state index in [1.165, 1.54) is 0 Å². The SMILES string of the molecule is CC.CC.CC(C)SCCNCc1ccc(Br)o1. The third kappa shape index (κ3) is 12.5. The highest BCUT2D eigenvalue weighted by Gasteiger charge is 1.98. The molecule has 1 rings (SSSR count). The van der Waals surface area contributed by atoms with Crippen molar-refractivity contribution in [2.75, 3.05) is 12.3 Å². The molecule has 1 aromatic rings. The molecule has 0 aliphatic heterocycles. The monoisotopic (exact) mass is 337 g/mol. The van der Waals surface area contributed by atoms with Gasteiger partial charge in [0.15, 0.2) is 4.67 Å². The predicted octanol–water partition coefficient (Wildman–Crippen LogP) is 5.33. The quantitative estimate of drug-likeness (QED) is 0.710. The summed E-state index contributed by atoms with van der Waals surface area (Å²) >= 11 is 5.24. The van der Waals surface area contributed by atoms with Gasteiger partial charge >= 0.3 is 0 Å². The van der Waals surface area contributed by atoms with Crippen molar-refractivity contribution in [1.82, 2.24) is 5.32 Å². The van der Waals surface area contributed by atoms with Gasteiger partial charge in [-0.3, -0.25) is 0 Å². The summed E-state index contributed by atoms with van der Waals surface area (Å²) in [5.74, 6) is 2.13. The summed E-state index contributed by atoms with van der Waals surface area (Å²) in [6, 6.07) is 3.90. The lowest BCUT2D eigenvalue weighted by Gasteiger charge is -2.04. The summed E-state index contributed by atoms with van der Waals surface area (Å²) in [7, 11) is 0. The van der Waals surface area contributed by atoms with Gasteiger partial charge in [0, 0.05) is 12.3 Å². The molecule has 1 N–H and O–H groups in total. The molecule has 18 heavy (non-hydrogen) atoms. The highest BCUT2D eigenvalue weighted by molar-refractivity contribution is 9.10. The first kappa shape index (κ1) is 20.4. The minimum Gasteiger partial charge on any atom is -0.453 e. The zero-order chi connectivity index (χ0) is 14.4. The normalized spacial score (nSPS) is 9.33. The molecule has 0 fully saturated rings. The Hall–Kier alpha value is 0.0700. The van der Waals surface area contributed by atoms with Crippen LogP contribution in [0.1, 0.15) is 47.3 Å². The lowest BCUT2D eigenvalue weighted by Crippen LogP contribution is -2.16. The zero-order valence-electron chi connectivity index (χ0n) is 12.5. The highest BCUT2D eigenvalue weighted by Crippen LogP contribution is 2.13. The molecule has 0 unspecified atom stereocenters. The summed E-state index contributed by atoms with van der Waals surface area (Å²) in [5, 5.41) is 4.05. The molecule has 1 heterocycles. The number of hydrogen-bond donors (Lipinski definition) is 1. The van der Waals surface area contributed by atoms with Crippen LogP contribution in [0.4, 0.5) is 0 Å². The Morgan fingerprint density at radius 1 is 1.22 bits per heavy atom. The molecule has 0 atom stereocenters. The maximum Gasteiger partial charge on any atom is 0.169 e. The molecule has 1 aromatic heterocycles. The van der Waals surface area contributed by atoms with E-state index in [-0.39, 0.29) is 0 Å². The van der Waals surface area contributed by atoms with Crippen molar-refractivity contribution in [2.45, 2.75) is 53.3 Å². The van der Waals surface area contributed by atoms with Gasteiger partial charge in [-0.1, -0.05) is 41.5 Å². The van der Waals surface area contributed by atoms with Gasteiger partial charge in [0.2, 0.25) is 0 Å². The largest absolute Gasteiger partial charge is 0.453 e. The molecule has 0 saturated carbocycles. The van der Waals surface area contributed by atoms with E-state index in [2.05, 4.69) is 35.1 Å². The van der Waals surface area contributed by atoms with Crippen LogP contribution in [0.25, 0.3) is 0 Å². The van der Waals surface area contributed by atoms with Gasteiger partial charge in [0.25, 0.3) is 0 Å². The van der Waals surface area contributed by atoms with E-state index in [0.29, 0.717) is 0 Å². The average molecular weight is 338 g/mol. The van der Waals surface area contributed by atoms with Gasteiger partial charge in [0.05, 0.1) is 6.54 Å². The van der Waals surface area contributed by atoms with Gasteiger partial charge in [0.1, 0.15) is 5.76 Å². The van der Waals surface area contributed by atoms with Gasteiger partial charge in [-0.15, -0.1) is 0 Å². The Morgan fingerprint density at radius 2 is 1.83 bits per heavy atom. The van der Waals surface area contributed by atoms with Crippen molar-refractivity contribution in [3.05, 3.63) is 22.6 Å². The summed E-state index contributed by atoms with van der Waals surface area (Å²) in [4.78, 5) is 0. The van der Waals surface area contributed by atoms with Crippen LogP contribution >= 0.6 is 27.7 Å². The smallest absolute Gasteiger partial charge is 0.169 e. The summed E-state index contributed by atoms with van der Waals surface area (Å²) < 4.78 is 6.16. The number of furan rings is 1. The van der Waals surface area contributed by atoms with Gasteiger partial charge in [-0.2, -0.15) is 11.8 Å². The first-order valence-corrected chi connectivity index (χ1v) is 8.59. The number of nitrogens with one attached hydrogen (secondary N) is 1. The Balaban J connectivity index is 0. The first-order chi connectivity index (χ1) is 8.68. The molecule has 2 nitrogen and oxygen atoms in total. The van der Waals surface area contributed by atoms with Crippen LogP contribution in [0.15, 0.2) is 21.2 Å². The second kappa shape index (κ2) is 15.1. The van der Waals surface area contributed by atoms with E-state index >= 15 is 0 Å². The minimum atomic E-state index is 0.717. The number of thioether (sulfide) groups is 1. The van der Waals surface area contributed by atoms with Crippen molar-refractivity contribution in [1.29, 1.82) is 0 Å². The van der Waals surface area contributed by atoms with Gasteiger partial charge in [-0.05, 0) is 33.3 Å². The molecule has 0 aliphatic carbocycles. The van der Waals surface area contributed by atoms with E-state index < -0.39 is 0 Å². The molecular formula is C14H28BrNOS. The van der Waals surface area contributed by atoms with E-state index in [4.69, 9.17) is 4.42 Å². The molecule has 0 aromatic carbocycles. The van der Waals surface area contributed by atoms with Crippen molar-refractivity contribution in [3.63, 3.8) is 0 Å². The Bertz CT molecular complexity index is 264. The standard InChI is InChI=1S/C10H16BrNOS.2C2H6/c1-8(2)14-6-5-12-7-9-3-4-10(11)13-9;2*1-2/h3-4,8,12H,5-7H2,1-2H3;2*1-2H3. The summed E-state index contributed by atoms with van der Waals surface area (Å²) in [6.45, 7) is 14.3. The summed E-state index contributed by atoms with van der Waals surface area (Å²) in [5.41, 5.74) is 0. The van der Waals surface area contributed by atoms with Crippen molar-refractivity contribution < 1.29 is 4.42 Å². The van der Waals surface area contributed by atoms with Crippen LogP contribution < -0.4 is 5.32 Å². The molecule has 0 saturated heterocycles. The third-order valence-corrected chi connectivity index (χ3v) is 3.19. The van der Waals surface area contributed by atoms with E-state index in [1.54, 1.807) is 0 Å². The maximum absolute atomic E-state index is 5.36. The fourth-order valence-electron chi connectivity index (χ4n) is 1.03. The maximum atomic E-state index is 5.36. The number of rotatable bonds is 6. The van der Waals surface area contributed by atoms with E-state index in [1.807, 2.05) is 51.6 Å². The molecular weight excluding hydrogens is 310 g/mol. The Kier molecular flexibility index (Phi) is 17.1. The lowest BCUT2D eigenvalue weighted by molar-refractivity contribution is 0.469. The van der Waals surface area contributed by atoms with Crippen molar-refractivity contribution >= 4 is 27.7 Å². The van der Waals surface area contributed by atoms with Crippen LogP contribution in [0.3, 0.4) is 0 Å². The molecule has 0 amide bonds. The van der Waals surface area contributed by atoms with Crippen molar-refractivity contribution in [2.24, 2.45) is 0 Å². The Labute approximate surface area is 125 Å². The average Bonchev–Trinajstić information content (AvgIpc) is 2.79.